The highest BCUT2D eigenvalue weighted by Gasteiger charge is 2.14. The van der Waals surface area contributed by atoms with E-state index in [0.29, 0.717) is 10.9 Å². The van der Waals surface area contributed by atoms with E-state index in [1.807, 2.05) is 17.5 Å². The summed E-state index contributed by atoms with van der Waals surface area (Å²) in [5.41, 5.74) is 2.61. The van der Waals surface area contributed by atoms with Gasteiger partial charge in [-0.1, -0.05) is 12.1 Å². The Morgan fingerprint density at radius 3 is 2.67 bits per heavy atom. The normalized spacial score (nSPS) is 10.7. The lowest BCUT2D eigenvalue weighted by Gasteiger charge is -2.02. The number of aromatic nitrogens is 4. The number of hydrogen-bond donors (Lipinski definition) is 2. The van der Waals surface area contributed by atoms with E-state index in [1.54, 1.807) is 41.2 Å². The van der Waals surface area contributed by atoms with Crippen molar-refractivity contribution in [1.82, 2.24) is 19.4 Å². The Labute approximate surface area is 157 Å². The fourth-order valence-electron chi connectivity index (χ4n) is 2.49. The summed E-state index contributed by atoms with van der Waals surface area (Å²) in [5.74, 6) is -0.00676. The molecule has 3 aromatic heterocycles. The van der Waals surface area contributed by atoms with Gasteiger partial charge in [0.2, 0.25) is 11.7 Å². The fourth-order valence-corrected chi connectivity index (χ4v) is 3.21. The van der Waals surface area contributed by atoms with E-state index in [4.69, 9.17) is 0 Å². The average molecular weight is 378 g/mol. The van der Waals surface area contributed by atoms with Gasteiger partial charge in [0.05, 0.1) is 5.69 Å². The second-order valence-corrected chi connectivity index (χ2v) is 6.56. The summed E-state index contributed by atoms with van der Waals surface area (Å²) < 4.78 is 1.68. The van der Waals surface area contributed by atoms with Gasteiger partial charge in [0.25, 0.3) is 5.91 Å². The largest absolute Gasteiger partial charge is 0.326 e. The van der Waals surface area contributed by atoms with Crippen LogP contribution in [0.5, 0.6) is 0 Å². The number of rotatable bonds is 4. The molecule has 0 aliphatic heterocycles. The van der Waals surface area contributed by atoms with Gasteiger partial charge < -0.3 is 5.32 Å². The average Bonchev–Trinajstić information content (AvgIpc) is 3.28. The minimum absolute atomic E-state index is 0.122. The van der Waals surface area contributed by atoms with Gasteiger partial charge in [0.1, 0.15) is 5.69 Å². The third-order valence-corrected chi connectivity index (χ3v) is 4.45. The summed E-state index contributed by atoms with van der Waals surface area (Å²) in [5, 5.41) is 7.80. The van der Waals surface area contributed by atoms with Crippen molar-refractivity contribution in [3.8, 4) is 11.3 Å². The van der Waals surface area contributed by atoms with Crippen molar-refractivity contribution < 1.29 is 9.59 Å². The summed E-state index contributed by atoms with van der Waals surface area (Å²) in [6.07, 6.45) is 5.01. The van der Waals surface area contributed by atoms with Crippen LogP contribution < -0.4 is 10.6 Å². The second-order valence-electron chi connectivity index (χ2n) is 5.70. The Balaban J connectivity index is 1.49. The Morgan fingerprint density at radius 1 is 1.11 bits per heavy atom. The topological polar surface area (TPSA) is 101 Å². The predicted octanol–water partition coefficient (Wildman–Crippen LogP) is 3.06. The van der Waals surface area contributed by atoms with Crippen LogP contribution in [0.15, 0.2) is 54.3 Å². The first-order chi connectivity index (χ1) is 13.1. The summed E-state index contributed by atoms with van der Waals surface area (Å²) >= 11 is 1.33. The first-order valence-electron chi connectivity index (χ1n) is 8.03. The van der Waals surface area contributed by atoms with Gasteiger partial charge >= 0.3 is 0 Å². The van der Waals surface area contributed by atoms with Crippen LogP contribution in [0, 0.1) is 0 Å². The van der Waals surface area contributed by atoms with Gasteiger partial charge in [-0.2, -0.15) is 0 Å². The summed E-state index contributed by atoms with van der Waals surface area (Å²) in [7, 11) is 0. The predicted molar refractivity (Wildman–Crippen MR) is 103 cm³/mol. The third kappa shape index (κ3) is 3.67. The highest BCUT2D eigenvalue weighted by atomic mass is 32.1. The fraction of sp³-hybridized carbons (Fsp3) is 0.0556. The van der Waals surface area contributed by atoms with Gasteiger partial charge in [0.15, 0.2) is 5.13 Å². The minimum Gasteiger partial charge on any atom is -0.326 e. The van der Waals surface area contributed by atoms with Crippen LogP contribution in [0.4, 0.5) is 10.8 Å². The summed E-state index contributed by atoms with van der Waals surface area (Å²) in [4.78, 5) is 36.2. The quantitative estimate of drug-likeness (QED) is 0.568. The number of benzene rings is 1. The molecule has 2 N–H and O–H groups in total. The molecule has 2 amide bonds. The minimum atomic E-state index is -0.345. The van der Waals surface area contributed by atoms with Crippen LogP contribution in [0.2, 0.25) is 0 Å². The van der Waals surface area contributed by atoms with Gasteiger partial charge in [-0.15, -0.1) is 11.3 Å². The number of amides is 2. The van der Waals surface area contributed by atoms with Crippen molar-refractivity contribution in [2.75, 3.05) is 10.6 Å². The first kappa shape index (κ1) is 16.9. The van der Waals surface area contributed by atoms with Crippen molar-refractivity contribution in [3.63, 3.8) is 0 Å². The third-order valence-electron chi connectivity index (χ3n) is 3.69. The number of anilines is 2. The van der Waals surface area contributed by atoms with Gasteiger partial charge in [-0.05, 0) is 18.2 Å². The zero-order valence-electron chi connectivity index (χ0n) is 14.2. The number of hydrogen-bond acceptors (Lipinski definition) is 6. The molecular formula is C18H14N6O2S. The molecule has 9 heteroatoms. The number of nitrogens with zero attached hydrogens (tertiary/aromatic N) is 4. The zero-order valence-corrected chi connectivity index (χ0v) is 15.0. The highest BCUT2D eigenvalue weighted by Crippen LogP contribution is 2.26. The highest BCUT2D eigenvalue weighted by molar-refractivity contribution is 7.14. The number of carbonyl (C=O) groups is 2. The molecule has 0 saturated heterocycles. The standard InChI is InChI=1S/C18H14N6O2S/c1-11(25)20-13-5-3-12(4-6-13)15-10-27-18(22-15)23-16(26)14-9-24-8-2-7-19-17(24)21-14/h2-10H,1H3,(H,20,25)(H,22,23,26). The van der Waals surface area contributed by atoms with Gasteiger partial charge in [-0.25, -0.2) is 15.0 Å². The molecule has 0 saturated carbocycles. The molecule has 0 radical (unpaired) electrons. The lowest BCUT2D eigenvalue weighted by Crippen LogP contribution is -2.12. The van der Waals surface area contributed by atoms with E-state index in [-0.39, 0.29) is 17.5 Å². The van der Waals surface area contributed by atoms with Crippen LogP contribution in [0.25, 0.3) is 17.0 Å². The van der Waals surface area contributed by atoms with Crippen LogP contribution in [-0.4, -0.2) is 31.2 Å². The monoisotopic (exact) mass is 378 g/mol. The Morgan fingerprint density at radius 2 is 1.93 bits per heavy atom. The number of fused-ring (bicyclic) bond motifs is 1. The molecule has 0 aliphatic carbocycles. The van der Waals surface area contributed by atoms with Crippen molar-refractivity contribution >= 4 is 39.7 Å². The summed E-state index contributed by atoms with van der Waals surface area (Å²) in [6, 6.07) is 9.09. The Hall–Kier alpha value is -3.59. The van der Waals surface area contributed by atoms with E-state index in [1.165, 1.54) is 18.3 Å². The molecule has 3 heterocycles. The van der Waals surface area contributed by atoms with Gasteiger partial charge in [0, 0.05) is 42.1 Å². The van der Waals surface area contributed by atoms with Crippen molar-refractivity contribution in [2.45, 2.75) is 6.92 Å². The molecule has 0 bridgehead atoms. The molecule has 0 atom stereocenters. The summed E-state index contributed by atoms with van der Waals surface area (Å²) in [6.45, 7) is 1.46. The van der Waals surface area contributed by atoms with Crippen LogP contribution in [0.3, 0.4) is 0 Å². The van der Waals surface area contributed by atoms with E-state index >= 15 is 0 Å². The Bertz CT molecular complexity index is 1100. The van der Waals surface area contributed by atoms with Crippen LogP contribution in [-0.2, 0) is 4.79 Å². The molecule has 4 aromatic rings. The Kier molecular flexibility index (Phi) is 4.35. The van der Waals surface area contributed by atoms with E-state index in [2.05, 4.69) is 25.6 Å². The SMILES string of the molecule is CC(=O)Nc1ccc(-c2csc(NC(=O)c3cn4cccnc4n3)n2)cc1. The molecule has 4 rings (SSSR count). The number of carbonyl (C=O) groups excluding carboxylic acids is 2. The maximum Gasteiger partial charge on any atom is 0.277 e. The van der Waals surface area contributed by atoms with E-state index in [0.717, 1.165) is 16.9 Å². The molecule has 0 aliphatic rings. The first-order valence-corrected chi connectivity index (χ1v) is 8.91. The zero-order chi connectivity index (χ0) is 18.8. The maximum atomic E-state index is 12.4. The molecule has 134 valence electrons. The van der Waals surface area contributed by atoms with E-state index in [9.17, 15) is 9.59 Å². The number of nitrogens with one attached hydrogen (secondary N) is 2. The molecule has 0 fully saturated rings. The molecular weight excluding hydrogens is 364 g/mol. The molecule has 0 unspecified atom stereocenters. The lowest BCUT2D eigenvalue weighted by molar-refractivity contribution is -0.114. The number of thiazole rings is 1. The lowest BCUT2D eigenvalue weighted by atomic mass is 10.1. The van der Waals surface area contributed by atoms with Gasteiger partial charge in [-0.3, -0.25) is 19.3 Å². The molecule has 1 aromatic carbocycles. The molecule has 27 heavy (non-hydrogen) atoms. The van der Waals surface area contributed by atoms with Crippen molar-refractivity contribution in [3.05, 3.63) is 60.0 Å². The maximum absolute atomic E-state index is 12.4. The van der Waals surface area contributed by atoms with Crippen LogP contribution >= 0.6 is 11.3 Å². The van der Waals surface area contributed by atoms with E-state index < -0.39 is 0 Å². The van der Waals surface area contributed by atoms with Crippen LogP contribution in [0.1, 0.15) is 17.4 Å². The molecule has 0 spiro atoms. The smallest absolute Gasteiger partial charge is 0.277 e. The van der Waals surface area contributed by atoms with Crippen molar-refractivity contribution in [2.24, 2.45) is 0 Å². The number of imidazole rings is 1. The second kappa shape index (κ2) is 6.96. The molecule has 8 nitrogen and oxygen atoms in total. The van der Waals surface area contributed by atoms with Crippen molar-refractivity contribution in [1.29, 1.82) is 0 Å².